The molecule has 2 aromatic rings. The molecule has 122 valence electrons. The van der Waals surface area contributed by atoms with Crippen LogP contribution in [0.2, 0.25) is 5.02 Å². The van der Waals surface area contributed by atoms with Gasteiger partial charge < -0.3 is 4.90 Å². The van der Waals surface area contributed by atoms with E-state index in [0.29, 0.717) is 0 Å². The minimum Gasteiger partial charge on any atom is -0.335 e. The topological polar surface area (TPSA) is 80.5 Å². The number of rotatable bonds is 4. The highest BCUT2D eigenvalue weighted by atomic mass is 35.5. The van der Waals surface area contributed by atoms with E-state index in [0.717, 1.165) is 5.56 Å². The largest absolute Gasteiger partial charge is 0.335 e. The van der Waals surface area contributed by atoms with E-state index in [-0.39, 0.29) is 27.4 Å². The molecule has 2 rings (SSSR count). The van der Waals surface area contributed by atoms with E-state index < -0.39 is 10.0 Å². The minimum absolute atomic E-state index is 0.0113. The summed E-state index contributed by atoms with van der Waals surface area (Å²) in [5.74, 6) is -0.317. The lowest BCUT2D eigenvalue weighted by atomic mass is 10.1. The molecule has 0 heterocycles. The van der Waals surface area contributed by atoms with E-state index in [4.69, 9.17) is 16.7 Å². The van der Waals surface area contributed by atoms with Crippen LogP contribution in [-0.2, 0) is 10.0 Å². The SMILES string of the molecule is CC(c1ccccc1)N(C)C(=O)c1ccc(Cl)c(S(N)(=O)=O)c1. The van der Waals surface area contributed by atoms with Gasteiger partial charge in [-0.2, -0.15) is 0 Å². The van der Waals surface area contributed by atoms with Crippen LogP contribution in [0.3, 0.4) is 0 Å². The minimum atomic E-state index is -3.99. The van der Waals surface area contributed by atoms with Crippen LogP contribution < -0.4 is 5.14 Å². The first-order valence-electron chi connectivity index (χ1n) is 6.86. The van der Waals surface area contributed by atoms with E-state index in [2.05, 4.69) is 0 Å². The fourth-order valence-corrected chi connectivity index (χ4v) is 3.26. The summed E-state index contributed by atoms with van der Waals surface area (Å²) in [5.41, 5.74) is 1.19. The predicted octanol–water partition coefficient (Wildman–Crippen LogP) is 2.82. The Morgan fingerprint density at radius 3 is 2.35 bits per heavy atom. The molecule has 1 amide bonds. The van der Waals surface area contributed by atoms with Gasteiger partial charge in [0, 0.05) is 12.6 Å². The Balaban J connectivity index is 2.34. The second-order valence-electron chi connectivity index (χ2n) is 5.19. The summed E-state index contributed by atoms with van der Waals surface area (Å²) >= 11 is 5.84. The second-order valence-corrected chi connectivity index (χ2v) is 7.13. The number of amides is 1. The number of sulfonamides is 1. The van der Waals surface area contributed by atoms with E-state index in [1.165, 1.54) is 23.1 Å². The lowest BCUT2D eigenvalue weighted by molar-refractivity contribution is 0.0742. The van der Waals surface area contributed by atoms with Gasteiger partial charge in [0.1, 0.15) is 4.90 Å². The van der Waals surface area contributed by atoms with Crippen molar-refractivity contribution in [3.05, 3.63) is 64.7 Å². The number of carbonyl (C=O) groups is 1. The molecule has 0 aliphatic rings. The van der Waals surface area contributed by atoms with Gasteiger partial charge >= 0.3 is 0 Å². The lowest BCUT2D eigenvalue weighted by Crippen LogP contribution is -2.30. The van der Waals surface area contributed by atoms with Crippen molar-refractivity contribution in [1.29, 1.82) is 0 Å². The predicted molar refractivity (Wildman–Crippen MR) is 89.8 cm³/mol. The van der Waals surface area contributed by atoms with Crippen LogP contribution in [0.5, 0.6) is 0 Å². The molecule has 2 N–H and O–H groups in total. The zero-order valence-electron chi connectivity index (χ0n) is 12.7. The Labute approximate surface area is 140 Å². The second kappa shape index (κ2) is 6.70. The number of benzene rings is 2. The molecule has 0 bridgehead atoms. The summed E-state index contributed by atoms with van der Waals surface area (Å²) in [6, 6.07) is 13.4. The highest BCUT2D eigenvalue weighted by Gasteiger charge is 2.21. The molecule has 0 spiro atoms. The van der Waals surface area contributed by atoms with E-state index in [9.17, 15) is 13.2 Å². The van der Waals surface area contributed by atoms with Crippen LogP contribution in [0.25, 0.3) is 0 Å². The molecule has 7 heteroatoms. The first-order valence-corrected chi connectivity index (χ1v) is 8.78. The van der Waals surface area contributed by atoms with E-state index >= 15 is 0 Å². The number of nitrogens with two attached hydrogens (primary N) is 1. The van der Waals surface area contributed by atoms with Gasteiger partial charge in [-0.15, -0.1) is 0 Å². The van der Waals surface area contributed by atoms with Crippen molar-refractivity contribution in [2.75, 3.05) is 7.05 Å². The molecule has 0 radical (unpaired) electrons. The summed E-state index contributed by atoms with van der Waals surface area (Å²) in [6.07, 6.45) is 0. The zero-order valence-corrected chi connectivity index (χ0v) is 14.3. The van der Waals surface area contributed by atoms with Crippen molar-refractivity contribution in [3.63, 3.8) is 0 Å². The fraction of sp³-hybridized carbons (Fsp3) is 0.188. The third-order valence-electron chi connectivity index (χ3n) is 3.67. The molecule has 0 aliphatic carbocycles. The fourth-order valence-electron chi connectivity index (χ4n) is 2.19. The number of nitrogens with zero attached hydrogens (tertiary/aromatic N) is 1. The number of primary sulfonamides is 1. The Morgan fingerprint density at radius 2 is 1.78 bits per heavy atom. The smallest absolute Gasteiger partial charge is 0.254 e. The maximum atomic E-state index is 12.6. The standard InChI is InChI=1S/C16H17ClN2O3S/c1-11(12-6-4-3-5-7-12)19(2)16(20)13-8-9-14(17)15(10-13)23(18,21)22/h3-11H,1-2H3,(H2,18,21,22). The quantitative estimate of drug-likeness (QED) is 0.918. The molecule has 0 aromatic heterocycles. The van der Waals surface area contributed by atoms with Gasteiger partial charge in [-0.05, 0) is 30.7 Å². The summed E-state index contributed by atoms with van der Waals surface area (Å²) in [4.78, 5) is 13.9. The molecule has 0 saturated heterocycles. The summed E-state index contributed by atoms with van der Waals surface area (Å²) in [5, 5.41) is 5.11. The van der Waals surface area contributed by atoms with Crippen LogP contribution in [0.1, 0.15) is 28.9 Å². The highest BCUT2D eigenvalue weighted by molar-refractivity contribution is 7.89. The van der Waals surface area contributed by atoms with Gasteiger partial charge in [0.05, 0.1) is 11.1 Å². The van der Waals surface area contributed by atoms with Gasteiger partial charge in [0.25, 0.3) is 5.91 Å². The van der Waals surface area contributed by atoms with Gasteiger partial charge in [-0.3, -0.25) is 4.79 Å². The van der Waals surface area contributed by atoms with Crippen molar-refractivity contribution in [3.8, 4) is 0 Å². The average molecular weight is 353 g/mol. The van der Waals surface area contributed by atoms with Crippen LogP contribution in [-0.4, -0.2) is 26.3 Å². The summed E-state index contributed by atoms with van der Waals surface area (Å²) in [6.45, 7) is 1.89. The van der Waals surface area contributed by atoms with E-state index in [1.807, 2.05) is 37.3 Å². The van der Waals surface area contributed by atoms with Crippen molar-refractivity contribution in [2.45, 2.75) is 17.9 Å². The molecule has 1 atom stereocenters. The van der Waals surface area contributed by atoms with Gasteiger partial charge in [-0.1, -0.05) is 41.9 Å². The van der Waals surface area contributed by atoms with Gasteiger partial charge in [-0.25, -0.2) is 13.6 Å². The van der Waals surface area contributed by atoms with E-state index in [1.54, 1.807) is 7.05 Å². The molecule has 2 aromatic carbocycles. The number of halogens is 1. The molecule has 0 saturated carbocycles. The first-order chi connectivity index (χ1) is 10.7. The molecule has 5 nitrogen and oxygen atoms in total. The normalized spacial score (nSPS) is 12.7. The molecular weight excluding hydrogens is 336 g/mol. The third kappa shape index (κ3) is 3.90. The average Bonchev–Trinajstić information content (AvgIpc) is 2.53. The Kier molecular flexibility index (Phi) is 5.09. The summed E-state index contributed by atoms with van der Waals surface area (Å²) < 4.78 is 23.0. The highest BCUT2D eigenvalue weighted by Crippen LogP contribution is 2.24. The monoisotopic (exact) mass is 352 g/mol. The van der Waals surface area contributed by atoms with Crippen LogP contribution in [0, 0.1) is 0 Å². The van der Waals surface area contributed by atoms with Crippen molar-refractivity contribution in [1.82, 2.24) is 4.90 Å². The number of hydrogen-bond acceptors (Lipinski definition) is 3. The van der Waals surface area contributed by atoms with Crippen molar-refractivity contribution < 1.29 is 13.2 Å². The van der Waals surface area contributed by atoms with Gasteiger partial charge in [0.15, 0.2) is 0 Å². The Bertz CT molecular complexity index is 822. The first kappa shape index (κ1) is 17.5. The Morgan fingerprint density at radius 1 is 1.17 bits per heavy atom. The van der Waals surface area contributed by atoms with Crippen LogP contribution in [0.4, 0.5) is 0 Å². The Hall–Kier alpha value is -1.89. The van der Waals surface area contributed by atoms with Crippen LogP contribution in [0.15, 0.2) is 53.4 Å². The molecule has 0 fully saturated rings. The summed E-state index contributed by atoms with van der Waals surface area (Å²) in [7, 11) is -2.33. The lowest BCUT2D eigenvalue weighted by Gasteiger charge is -2.25. The molecule has 23 heavy (non-hydrogen) atoms. The molecular formula is C16H17ClN2O3S. The maximum Gasteiger partial charge on any atom is 0.254 e. The van der Waals surface area contributed by atoms with Gasteiger partial charge in [0.2, 0.25) is 10.0 Å². The number of carbonyl (C=O) groups excluding carboxylic acids is 1. The zero-order chi connectivity index (χ0) is 17.2. The molecule has 0 aliphatic heterocycles. The van der Waals surface area contributed by atoms with Crippen molar-refractivity contribution in [2.24, 2.45) is 5.14 Å². The maximum absolute atomic E-state index is 12.6. The third-order valence-corrected chi connectivity index (χ3v) is 5.06. The molecule has 1 unspecified atom stereocenters. The van der Waals surface area contributed by atoms with Crippen LogP contribution >= 0.6 is 11.6 Å². The number of hydrogen-bond donors (Lipinski definition) is 1. The van der Waals surface area contributed by atoms with Crippen molar-refractivity contribution >= 4 is 27.5 Å².